The summed E-state index contributed by atoms with van der Waals surface area (Å²) in [7, 11) is 5.69. The lowest BCUT2D eigenvalue weighted by molar-refractivity contribution is -0.137. The van der Waals surface area contributed by atoms with Crippen LogP contribution in [0.4, 0.5) is 88.3 Å². The summed E-state index contributed by atoms with van der Waals surface area (Å²) in [5.41, 5.74) is 15.6. The zero-order valence-corrected chi connectivity index (χ0v) is 63.4. The molecule has 29 heteroatoms. The number of rotatable bonds is 19. The zero-order chi connectivity index (χ0) is 81.4. The number of nitrogen functional groups attached to an aromatic ring is 1. The van der Waals surface area contributed by atoms with Gasteiger partial charge in [0.1, 0.15) is 35.4 Å². The van der Waals surface area contributed by atoms with Gasteiger partial charge in [0.25, 0.3) is 5.91 Å². The number of aliphatic hydroxyl groups is 1. The molecule has 0 unspecified atom stereocenters. The first-order valence-corrected chi connectivity index (χ1v) is 36.6. The van der Waals surface area contributed by atoms with Gasteiger partial charge in [-0.05, 0) is 161 Å². The van der Waals surface area contributed by atoms with Crippen molar-refractivity contribution in [2.24, 2.45) is 0 Å². The fourth-order valence-corrected chi connectivity index (χ4v) is 12.6. The van der Waals surface area contributed by atoms with Crippen LogP contribution in [0.1, 0.15) is 27.9 Å². The number of nitrogens with two attached hydrogens (primary N) is 1. The maximum atomic E-state index is 14.4. The first kappa shape index (κ1) is 80.2. The minimum Gasteiger partial charge on any atom is -0.392 e. The van der Waals surface area contributed by atoms with E-state index in [1.54, 1.807) is 105 Å². The van der Waals surface area contributed by atoms with Crippen molar-refractivity contribution in [2.45, 2.75) is 19.2 Å². The number of hydrogen-bond donors (Lipinski definition) is 8. The van der Waals surface area contributed by atoms with Crippen LogP contribution in [0, 0.1) is 23.3 Å². The van der Waals surface area contributed by atoms with Gasteiger partial charge in [-0.1, -0.05) is 108 Å². The van der Waals surface area contributed by atoms with Gasteiger partial charge in [-0.3, -0.25) is 14.8 Å². The highest BCUT2D eigenvalue weighted by molar-refractivity contribution is 6.31. The van der Waals surface area contributed by atoms with Crippen LogP contribution in [0.5, 0.6) is 0 Å². The molecule has 0 aliphatic carbocycles. The summed E-state index contributed by atoms with van der Waals surface area (Å²) in [4.78, 5) is 56.6. The van der Waals surface area contributed by atoms with Crippen LogP contribution in [0.15, 0.2) is 262 Å². The quantitative estimate of drug-likeness (QED) is 0.0276. The van der Waals surface area contributed by atoms with Gasteiger partial charge in [-0.2, -0.15) is 18.2 Å². The second-order valence-electron chi connectivity index (χ2n) is 26.1. The predicted octanol–water partition coefficient (Wildman–Crippen LogP) is 20.6. The van der Waals surface area contributed by atoms with Gasteiger partial charge in [0, 0.05) is 121 Å². The van der Waals surface area contributed by atoms with Crippen molar-refractivity contribution < 1.29 is 40.6 Å². The Morgan fingerprint density at radius 1 is 0.474 bits per heavy atom. The summed E-state index contributed by atoms with van der Waals surface area (Å²) >= 11 is 12.1. The van der Waals surface area contributed by atoms with E-state index in [9.17, 15) is 40.6 Å². The normalized spacial score (nSPS) is 11.1. The Bertz CT molecular complexity index is 6250. The number of amides is 1. The molecule has 116 heavy (non-hydrogen) atoms. The third kappa shape index (κ3) is 19.8. The van der Waals surface area contributed by atoms with Gasteiger partial charge in [0.2, 0.25) is 11.9 Å². The van der Waals surface area contributed by atoms with Crippen molar-refractivity contribution >= 4 is 130 Å². The van der Waals surface area contributed by atoms with Crippen molar-refractivity contribution in [3.8, 4) is 45.0 Å². The van der Waals surface area contributed by atoms with Crippen molar-refractivity contribution in [2.75, 3.05) is 66.6 Å². The highest BCUT2D eigenvalue weighted by Gasteiger charge is 2.32. The number of anilines is 10. The second kappa shape index (κ2) is 36.7. The molecule has 0 radical (unpaired) electrons. The average molecular weight is 1600 g/mol. The zero-order valence-electron chi connectivity index (χ0n) is 61.9. The molecule has 8 heterocycles. The summed E-state index contributed by atoms with van der Waals surface area (Å²) in [5, 5.41) is 32.7. The number of aromatic nitrogens is 10. The van der Waals surface area contributed by atoms with E-state index >= 15 is 0 Å². The molecule has 16 aromatic rings. The summed E-state index contributed by atoms with van der Waals surface area (Å²) in [6.45, 7) is 1.73. The molecule has 16 rings (SSSR count). The number of nitrogens with one attached hydrogen (secondary N) is 6. The van der Waals surface area contributed by atoms with Gasteiger partial charge < -0.3 is 47.6 Å². The van der Waals surface area contributed by atoms with Crippen LogP contribution < -0.4 is 37.6 Å². The van der Waals surface area contributed by atoms with Crippen LogP contribution in [-0.2, 0) is 12.8 Å². The van der Waals surface area contributed by atoms with Crippen LogP contribution >= 0.6 is 23.2 Å². The number of nitrogens with zero attached hydrogens (tertiary/aromatic N) is 11. The molecule has 0 aliphatic heterocycles. The maximum absolute atomic E-state index is 14.4. The fourth-order valence-electron chi connectivity index (χ4n) is 12.3. The van der Waals surface area contributed by atoms with Crippen LogP contribution in [-0.4, -0.2) is 100.0 Å². The molecule has 0 saturated heterocycles. The Morgan fingerprint density at radius 3 is 1.46 bits per heavy atom. The smallest absolute Gasteiger partial charge is 0.392 e. The second-order valence-corrected chi connectivity index (χ2v) is 27.0. The summed E-state index contributed by atoms with van der Waals surface area (Å²) in [6, 6.07) is 61.7. The third-order valence-corrected chi connectivity index (χ3v) is 18.3. The molecule has 20 nitrogen and oxygen atoms in total. The number of pyridine rings is 7. The van der Waals surface area contributed by atoms with E-state index in [-0.39, 0.29) is 41.5 Å². The number of aliphatic hydroxyl groups excluding tert-OH is 1. The summed E-state index contributed by atoms with van der Waals surface area (Å²) < 4.78 is 96.9. The minimum absolute atomic E-state index is 0.00925. The summed E-state index contributed by atoms with van der Waals surface area (Å²) in [6.07, 6.45) is 5.73. The highest BCUT2D eigenvalue weighted by Crippen LogP contribution is 2.40. The van der Waals surface area contributed by atoms with Crippen LogP contribution in [0.25, 0.3) is 88.6 Å². The Balaban J connectivity index is 0.000000135. The molecule has 1 amide bonds. The lowest BCUT2D eigenvalue weighted by Gasteiger charge is -2.15. The molecule has 0 spiro atoms. The maximum Gasteiger partial charge on any atom is 0.416 e. The number of carbonyl (C=O) groups is 1. The Morgan fingerprint density at radius 2 is 0.940 bits per heavy atom. The third-order valence-electron chi connectivity index (χ3n) is 17.9. The van der Waals surface area contributed by atoms with E-state index in [0.717, 1.165) is 87.4 Å². The van der Waals surface area contributed by atoms with Gasteiger partial charge in [-0.25, -0.2) is 52.4 Å². The van der Waals surface area contributed by atoms with Crippen LogP contribution in [0.3, 0.4) is 0 Å². The average Bonchev–Trinajstić information content (AvgIpc) is 0.769. The van der Waals surface area contributed by atoms with Gasteiger partial charge in [0.15, 0.2) is 0 Å². The van der Waals surface area contributed by atoms with Crippen molar-refractivity contribution in [1.29, 1.82) is 0 Å². The fraction of sp³-hybridized carbons (Fsp3) is 0.0920. The van der Waals surface area contributed by atoms with Crippen molar-refractivity contribution in [3.63, 3.8) is 0 Å². The first-order chi connectivity index (χ1) is 56.1. The Kier molecular flexibility index (Phi) is 25.4. The SMILES string of the molecule is CN(C)CCCNc1cc(Nc2cc(-c3ccccc3F)nc3ccccc23)ccn1.CNC(=O)c1cnccc1Nc1cc(-c2cc(Cl)ccc2F)nc2ccccc12.Nc1ncnc(Nc2cc(-c3cc(C(F)(F)F)ccc3F)nc3ccccc23)n1.OCc1cnccc1Nc1cc(-c2cc(Cl)ccc2F)nc2ccccc12. The molecule has 9 N–H and O–H groups in total. The van der Waals surface area contributed by atoms with E-state index in [0.29, 0.717) is 94.5 Å². The molecule has 0 fully saturated rings. The monoisotopic (exact) mass is 1600 g/mol. The number of halogens is 9. The molecule has 0 atom stereocenters. The first-order valence-electron chi connectivity index (χ1n) is 35.8. The largest absolute Gasteiger partial charge is 0.416 e. The van der Waals surface area contributed by atoms with Gasteiger partial charge in [-0.15, -0.1) is 0 Å². The Labute approximate surface area is 669 Å². The Hall–Kier alpha value is -13.9. The lowest BCUT2D eigenvalue weighted by Crippen LogP contribution is -2.19. The molecule has 8 aromatic heterocycles. The van der Waals surface area contributed by atoms with E-state index in [1.807, 2.05) is 97.1 Å². The molecule has 8 aromatic carbocycles. The van der Waals surface area contributed by atoms with Gasteiger partial charge >= 0.3 is 6.18 Å². The number of benzene rings is 8. The molecular formula is C87H69Cl2F7N18O2. The number of para-hydroxylation sites is 4. The van der Waals surface area contributed by atoms with E-state index in [2.05, 4.69) is 101 Å². The molecule has 0 aliphatic rings. The van der Waals surface area contributed by atoms with Crippen LogP contribution in [0.2, 0.25) is 10.0 Å². The van der Waals surface area contributed by atoms with Crippen molar-refractivity contribution in [1.82, 2.24) is 60.1 Å². The minimum atomic E-state index is -4.61. The highest BCUT2D eigenvalue weighted by atomic mass is 35.5. The molecular weight excluding hydrogens is 1530 g/mol. The number of hydrogen-bond acceptors (Lipinski definition) is 19. The summed E-state index contributed by atoms with van der Waals surface area (Å²) in [5.74, 6) is -1.25. The molecule has 0 saturated carbocycles. The van der Waals surface area contributed by atoms with E-state index < -0.39 is 29.2 Å². The van der Waals surface area contributed by atoms with Gasteiger partial charge in [0.05, 0.1) is 91.0 Å². The predicted molar refractivity (Wildman–Crippen MR) is 445 cm³/mol. The number of carbonyl (C=O) groups excluding carboxylic acids is 1. The topological polar surface area (TPSA) is 268 Å². The number of alkyl halides is 3. The van der Waals surface area contributed by atoms with E-state index in [4.69, 9.17) is 28.9 Å². The number of fused-ring (bicyclic) bond motifs is 4. The van der Waals surface area contributed by atoms with Crippen molar-refractivity contribution in [3.05, 3.63) is 312 Å². The molecule has 582 valence electrons. The van der Waals surface area contributed by atoms with E-state index in [1.165, 1.54) is 48.9 Å². The lowest BCUT2D eigenvalue weighted by atomic mass is 10.0. The molecule has 0 bridgehead atoms. The standard InChI is InChI=1S/C25H26FN5.C22H16ClFN4O.C21H15ClFN3O.C19H12F4N6/c1-31(2)15-7-13-27-25-16-18(12-14-28-25)29-24-17-23(19-8-3-5-10-21(19)26)30-22-11-6-4-9-20(22)24;1-25-22(29)16-12-26-9-8-19(16)28-20-11-21(15-10-13(23)6-7-17(15)24)27-18-5-3-2-4-14(18)20;22-14-5-6-17(23)16(9-14)21-10-20(15-3-1-2-4-19(15)26-21)25-18-7-8-24-11-13(18)12-27;20-13-6-5-10(19(21,22)23)7-12(13)16-8-15(11-3-1-2-4-14(11)27-16)28-18-26-9-25-17(24)29-18/h3-6,8-12,14,16-17H,7,13,15H2,1-2H3,(H2,27,28,29,30);2-12H,1H3,(H,25,29)(H,26,27,28);1-11,27H,12H2,(H,24,25,26);1-9H,(H3,24,25,26,27,28,29).